The van der Waals surface area contributed by atoms with Crippen LogP contribution in [-0.2, 0) is 0 Å². The summed E-state index contributed by atoms with van der Waals surface area (Å²) in [6.07, 6.45) is 4.74. The molecule has 4 atom stereocenters. The molecular formula is C15H22N6O2. The predicted octanol–water partition coefficient (Wildman–Crippen LogP) is 0.740. The molecule has 1 unspecified atom stereocenters. The van der Waals surface area contributed by atoms with Gasteiger partial charge in [-0.2, -0.15) is 0 Å². The maximum absolute atomic E-state index is 10.4. The minimum Gasteiger partial charge on any atom is -0.390 e. The van der Waals surface area contributed by atoms with Crippen LogP contribution in [0, 0.1) is 5.92 Å². The molecule has 0 saturated heterocycles. The Hall–Kier alpha value is -2.06. The van der Waals surface area contributed by atoms with Crippen molar-refractivity contribution in [3.05, 3.63) is 12.7 Å². The van der Waals surface area contributed by atoms with Gasteiger partial charge in [-0.25, -0.2) is 19.9 Å². The number of aliphatic imine (C=N–C) groups is 1. The lowest BCUT2D eigenvalue weighted by atomic mass is 10.0. The Bertz CT molecular complexity index is 713. The van der Waals surface area contributed by atoms with E-state index in [9.17, 15) is 10.2 Å². The largest absolute Gasteiger partial charge is 0.390 e. The van der Waals surface area contributed by atoms with E-state index in [1.54, 1.807) is 12.7 Å². The number of aliphatic hydroxyl groups excluding tert-OH is 2. The van der Waals surface area contributed by atoms with Crippen LogP contribution in [0.15, 0.2) is 17.6 Å². The number of hydrogen-bond donors (Lipinski definition) is 2. The molecule has 8 nitrogen and oxygen atoms in total. The molecule has 0 aromatic carbocycles. The fourth-order valence-corrected chi connectivity index (χ4v) is 3.13. The van der Waals surface area contributed by atoms with E-state index in [-0.39, 0.29) is 12.0 Å². The first-order valence-corrected chi connectivity index (χ1v) is 7.77. The highest BCUT2D eigenvalue weighted by atomic mass is 16.3. The van der Waals surface area contributed by atoms with Gasteiger partial charge in [0.1, 0.15) is 12.4 Å². The number of nitrogens with zero attached hydrogens (tertiary/aromatic N) is 6. The zero-order valence-corrected chi connectivity index (χ0v) is 13.5. The van der Waals surface area contributed by atoms with Crippen LogP contribution in [0.2, 0.25) is 0 Å². The highest BCUT2D eigenvalue weighted by Crippen LogP contribution is 2.38. The first kappa shape index (κ1) is 15.8. The van der Waals surface area contributed by atoms with E-state index in [4.69, 9.17) is 0 Å². The van der Waals surface area contributed by atoms with Crippen LogP contribution in [0.4, 0.5) is 5.82 Å². The first-order chi connectivity index (χ1) is 11.0. The molecule has 1 aliphatic carbocycles. The van der Waals surface area contributed by atoms with Crippen molar-refractivity contribution in [2.75, 3.05) is 14.1 Å². The molecule has 1 saturated carbocycles. The summed E-state index contributed by atoms with van der Waals surface area (Å²) in [5, 5.41) is 20.5. The highest BCUT2D eigenvalue weighted by Gasteiger charge is 2.42. The zero-order chi connectivity index (χ0) is 16.6. The van der Waals surface area contributed by atoms with Gasteiger partial charge in [-0.05, 0) is 12.3 Å². The van der Waals surface area contributed by atoms with Crippen LogP contribution in [0.1, 0.15) is 25.8 Å². The second-order valence-corrected chi connectivity index (χ2v) is 6.18. The molecule has 2 aromatic heterocycles. The Morgan fingerprint density at radius 3 is 2.74 bits per heavy atom. The monoisotopic (exact) mass is 318 g/mol. The predicted molar refractivity (Wildman–Crippen MR) is 86.6 cm³/mol. The third-order valence-corrected chi connectivity index (χ3v) is 4.40. The molecule has 23 heavy (non-hydrogen) atoms. The Balaban J connectivity index is 1.99. The van der Waals surface area contributed by atoms with Gasteiger partial charge in [0.05, 0.1) is 24.8 Å². The minimum atomic E-state index is -0.818. The van der Waals surface area contributed by atoms with Crippen molar-refractivity contribution >= 4 is 23.3 Å². The van der Waals surface area contributed by atoms with Gasteiger partial charge >= 0.3 is 0 Å². The summed E-state index contributed by atoms with van der Waals surface area (Å²) >= 11 is 0. The first-order valence-electron chi connectivity index (χ1n) is 7.77. The standard InChI is InChI=1S/C15H22N6O2/c1-4-9-5-10(13(23)12(9)22)21-8-18-11-14(19-7-20(2)3)16-6-17-15(11)21/h6-10,12-13,22-23H,4-5H2,1-3H3/t9-,10+,12-,13?/m0/s1. The molecule has 2 aromatic rings. The molecule has 1 fully saturated rings. The smallest absolute Gasteiger partial charge is 0.184 e. The van der Waals surface area contributed by atoms with Crippen LogP contribution >= 0.6 is 0 Å². The highest BCUT2D eigenvalue weighted by molar-refractivity contribution is 5.82. The Labute approximate surface area is 134 Å². The lowest BCUT2D eigenvalue weighted by Crippen LogP contribution is -2.29. The van der Waals surface area contributed by atoms with Gasteiger partial charge in [-0.3, -0.25) is 0 Å². The van der Waals surface area contributed by atoms with E-state index >= 15 is 0 Å². The van der Waals surface area contributed by atoms with Crippen LogP contribution in [0.5, 0.6) is 0 Å². The molecule has 0 spiro atoms. The lowest BCUT2D eigenvalue weighted by molar-refractivity contribution is 0.00612. The third kappa shape index (κ3) is 2.79. The van der Waals surface area contributed by atoms with Crippen molar-refractivity contribution in [3.63, 3.8) is 0 Å². The minimum absolute atomic E-state index is 0.0838. The molecule has 0 aliphatic heterocycles. The van der Waals surface area contributed by atoms with Gasteiger partial charge < -0.3 is 19.7 Å². The van der Waals surface area contributed by atoms with Gasteiger partial charge in [0, 0.05) is 14.1 Å². The second kappa shape index (κ2) is 6.21. The SMILES string of the molecule is CC[C@H]1C[C@@H](n2cnc3c(N=CN(C)C)ncnc32)C(O)[C@H]1O. The van der Waals surface area contributed by atoms with Crippen LogP contribution < -0.4 is 0 Å². The van der Waals surface area contributed by atoms with Gasteiger partial charge in [0.15, 0.2) is 17.0 Å². The maximum Gasteiger partial charge on any atom is 0.184 e. The van der Waals surface area contributed by atoms with Crippen LogP contribution in [-0.4, -0.2) is 67.3 Å². The van der Waals surface area contributed by atoms with Gasteiger partial charge in [0.25, 0.3) is 0 Å². The van der Waals surface area contributed by atoms with Crippen molar-refractivity contribution in [3.8, 4) is 0 Å². The molecule has 2 heterocycles. The van der Waals surface area contributed by atoms with Gasteiger partial charge in [-0.1, -0.05) is 13.3 Å². The van der Waals surface area contributed by atoms with Crippen LogP contribution in [0.25, 0.3) is 11.2 Å². The van der Waals surface area contributed by atoms with E-state index in [1.165, 1.54) is 6.33 Å². The number of aromatic nitrogens is 4. The van der Waals surface area contributed by atoms with Crippen molar-refractivity contribution in [2.45, 2.75) is 38.0 Å². The van der Waals surface area contributed by atoms with E-state index in [1.807, 2.05) is 30.5 Å². The average Bonchev–Trinajstić information content (AvgIpc) is 3.08. The van der Waals surface area contributed by atoms with Crippen molar-refractivity contribution in [1.82, 2.24) is 24.4 Å². The van der Waals surface area contributed by atoms with Gasteiger partial charge in [0.2, 0.25) is 0 Å². The fourth-order valence-electron chi connectivity index (χ4n) is 3.13. The third-order valence-electron chi connectivity index (χ3n) is 4.40. The molecule has 0 radical (unpaired) electrons. The average molecular weight is 318 g/mol. The fraction of sp³-hybridized carbons (Fsp3) is 0.600. The molecule has 2 N–H and O–H groups in total. The summed E-state index contributed by atoms with van der Waals surface area (Å²) in [7, 11) is 3.75. The Kier molecular flexibility index (Phi) is 4.27. The Morgan fingerprint density at radius 1 is 1.30 bits per heavy atom. The number of aliphatic hydroxyl groups is 2. The van der Waals surface area contributed by atoms with E-state index < -0.39 is 12.2 Å². The quantitative estimate of drug-likeness (QED) is 0.637. The summed E-state index contributed by atoms with van der Waals surface area (Å²) in [5.41, 5.74) is 1.21. The van der Waals surface area contributed by atoms with E-state index in [0.29, 0.717) is 23.4 Å². The van der Waals surface area contributed by atoms with Crippen molar-refractivity contribution in [1.29, 1.82) is 0 Å². The summed E-state index contributed by atoms with van der Waals surface area (Å²) in [6.45, 7) is 2.02. The van der Waals surface area contributed by atoms with Crippen molar-refractivity contribution in [2.24, 2.45) is 10.9 Å². The zero-order valence-electron chi connectivity index (χ0n) is 13.5. The molecule has 124 valence electrons. The molecule has 8 heteroatoms. The summed E-state index contributed by atoms with van der Waals surface area (Å²) in [4.78, 5) is 18.9. The normalized spacial score (nSPS) is 28.0. The van der Waals surface area contributed by atoms with E-state index in [2.05, 4.69) is 19.9 Å². The molecule has 0 amide bonds. The Morgan fingerprint density at radius 2 is 2.09 bits per heavy atom. The molecule has 1 aliphatic rings. The number of imidazole rings is 1. The molecule has 0 bridgehead atoms. The molecular weight excluding hydrogens is 296 g/mol. The van der Waals surface area contributed by atoms with Gasteiger partial charge in [-0.15, -0.1) is 0 Å². The number of hydrogen-bond acceptors (Lipinski definition) is 6. The lowest BCUT2D eigenvalue weighted by Gasteiger charge is -2.18. The topological polar surface area (TPSA) is 99.7 Å². The van der Waals surface area contributed by atoms with E-state index in [0.717, 1.165) is 6.42 Å². The van der Waals surface area contributed by atoms with Crippen LogP contribution in [0.3, 0.4) is 0 Å². The number of fused-ring (bicyclic) bond motifs is 1. The van der Waals surface area contributed by atoms with Crippen molar-refractivity contribution < 1.29 is 10.2 Å². The summed E-state index contributed by atoms with van der Waals surface area (Å²) in [6, 6.07) is -0.236. The number of rotatable bonds is 4. The second-order valence-electron chi connectivity index (χ2n) is 6.18. The summed E-state index contributed by atoms with van der Waals surface area (Å²) < 4.78 is 1.83. The maximum atomic E-state index is 10.4. The molecule has 3 rings (SSSR count). The summed E-state index contributed by atoms with van der Waals surface area (Å²) in [5.74, 6) is 0.572.